The molecule has 7 heteroatoms. The third-order valence-corrected chi connectivity index (χ3v) is 5.58. The lowest BCUT2D eigenvalue weighted by molar-refractivity contribution is -0.124. The summed E-state index contributed by atoms with van der Waals surface area (Å²) >= 11 is 0. The second-order valence-electron chi connectivity index (χ2n) is 8.00. The van der Waals surface area contributed by atoms with Crippen LogP contribution in [0.2, 0.25) is 0 Å². The SMILES string of the molecule is O=C(NCC1CN(Cc2ccccc2)CCO1)c1cccc(NC(=O)C2CCCO2)c1. The molecule has 2 atom stereocenters. The highest BCUT2D eigenvalue weighted by molar-refractivity contribution is 5.98. The molecule has 2 saturated heterocycles. The first-order valence-corrected chi connectivity index (χ1v) is 10.9. The van der Waals surface area contributed by atoms with E-state index < -0.39 is 6.10 Å². The molecule has 2 amide bonds. The van der Waals surface area contributed by atoms with Crippen molar-refractivity contribution in [3.05, 3.63) is 65.7 Å². The number of nitrogens with zero attached hydrogens (tertiary/aromatic N) is 1. The normalized spacial score (nSPS) is 21.5. The van der Waals surface area contributed by atoms with Crippen molar-refractivity contribution in [1.29, 1.82) is 0 Å². The predicted molar refractivity (Wildman–Crippen MR) is 118 cm³/mol. The second kappa shape index (κ2) is 10.5. The molecule has 0 spiro atoms. The summed E-state index contributed by atoms with van der Waals surface area (Å²) < 4.78 is 11.2. The lowest BCUT2D eigenvalue weighted by Gasteiger charge is -2.33. The molecular weight excluding hydrogens is 394 g/mol. The van der Waals surface area contributed by atoms with Crippen molar-refractivity contribution in [2.45, 2.75) is 31.6 Å². The Morgan fingerprint density at radius 3 is 2.71 bits per heavy atom. The second-order valence-corrected chi connectivity index (χ2v) is 8.00. The number of rotatable bonds is 7. The summed E-state index contributed by atoms with van der Waals surface area (Å²) in [7, 11) is 0. The molecule has 2 fully saturated rings. The van der Waals surface area contributed by atoms with Gasteiger partial charge >= 0.3 is 0 Å². The highest BCUT2D eigenvalue weighted by Gasteiger charge is 2.24. The molecule has 2 aromatic rings. The molecule has 4 rings (SSSR count). The molecule has 2 aliphatic heterocycles. The number of morpholine rings is 1. The number of hydrogen-bond donors (Lipinski definition) is 2. The van der Waals surface area contributed by atoms with Crippen LogP contribution in [-0.2, 0) is 20.8 Å². The number of nitrogens with one attached hydrogen (secondary N) is 2. The zero-order chi connectivity index (χ0) is 21.5. The highest BCUT2D eigenvalue weighted by Crippen LogP contribution is 2.16. The Balaban J connectivity index is 1.26. The zero-order valence-electron chi connectivity index (χ0n) is 17.6. The molecular formula is C24H29N3O4. The first kappa shape index (κ1) is 21.5. The largest absolute Gasteiger partial charge is 0.374 e. The van der Waals surface area contributed by atoms with Crippen LogP contribution < -0.4 is 10.6 Å². The van der Waals surface area contributed by atoms with E-state index in [4.69, 9.17) is 9.47 Å². The average molecular weight is 424 g/mol. The van der Waals surface area contributed by atoms with Crippen molar-refractivity contribution in [3.63, 3.8) is 0 Å². The van der Waals surface area contributed by atoms with E-state index in [-0.39, 0.29) is 17.9 Å². The number of carbonyl (C=O) groups is 2. The van der Waals surface area contributed by atoms with Crippen molar-refractivity contribution in [3.8, 4) is 0 Å². The minimum absolute atomic E-state index is 0.0520. The van der Waals surface area contributed by atoms with Crippen molar-refractivity contribution in [2.24, 2.45) is 0 Å². The van der Waals surface area contributed by atoms with E-state index >= 15 is 0 Å². The molecule has 0 bridgehead atoms. The van der Waals surface area contributed by atoms with Crippen molar-refractivity contribution in [2.75, 3.05) is 38.2 Å². The first-order valence-electron chi connectivity index (χ1n) is 10.9. The molecule has 7 nitrogen and oxygen atoms in total. The molecule has 0 aliphatic carbocycles. The Morgan fingerprint density at radius 1 is 1.03 bits per heavy atom. The Bertz CT molecular complexity index is 883. The van der Waals surface area contributed by atoms with Crippen LogP contribution in [0.25, 0.3) is 0 Å². The van der Waals surface area contributed by atoms with Crippen LogP contribution in [0.1, 0.15) is 28.8 Å². The number of benzene rings is 2. The van der Waals surface area contributed by atoms with E-state index in [0.29, 0.717) is 31.0 Å². The Labute approximate surface area is 182 Å². The molecule has 2 heterocycles. The van der Waals surface area contributed by atoms with Crippen molar-refractivity contribution >= 4 is 17.5 Å². The monoisotopic (exact) mass is 423 g/mol. The lowest BCUT2D eigenvalue weighted by Crippen LogP contribution is -2.47. The lowest BCUT2D eigenvalue weighted by atomic mass is 10.1. The molecule has 2 unspecified atom stereocenters. The maximum absolute atomic E-state index is 12.6. The fraction of sp³-hybridized carbons (Fsp3) is 0.417. The van der Waals surface area contributed by atoms with Gasteiger partial charge in [0.1, 0.15) is 6.10 Å². The van der Waals surface area contributed by atoms with Gasteiger partial charge in [0, 0.05) is 44.0 Å². The average Bonchev–Trinajstić information content (AvgIpc) is 3.34. The summed E-state index contributed by atoms with van der Waals surface area (Å²) in [5.74, 6) is -0.346. The fourth-order valence-electron chi connectivity index (χ4n) is 3.94. The van der Waals surface area contributed by atoms with Gasteiger partial charge in [0.15, 0.2) is 0 Å². The van der Waals surface area contributed by atoms with E-state index in [1.165, 1.54) is 5.56 Å². The van der Waals surface area contributed by atoms with Gasteiger partial charge in [0.2, 0.25) is 0 Å². The van der Waals surface area contributed by atoms with Crippen LogP contribution in [0.4, 0.5) is 5.69 Å². The van der Waals surface area contributed by atoms with Crippen LogP contribution in [0, 0.1) is 0 Å². The summed E-state index contributed by atoms with van der Waals surface area (Å²) in [5, 5.41) is 5.80. The van der Waals surface area contributed by atoms with Gasteiger partial charge in [0.25, 0.3) is 11.8 Å². The van der Waals surface area contributed by atoms with E-state index in [0.717, 1.165) is 32.5 Å². The maximum Gasteiger partial charge on any atom is 0.253 e. The van der Waals surface area contributed by atoms with Gasteiger partial charge in [-0.15, -0.1) is 0 Å². The first-order chi connectivity index (χ1) is 15.2. The summed E-state index contributed by atoms with van der Waals surface area (Å²) in [6.07, 6.45) is 1.17. The molecule has 0 saturated carbocycles. The highest BCUT2D eigenvalue weighted by atomic mass is 16.5. The van der Waals surface area contributed by atoms with Gasteiger partial charge in [0.05, 0.1) is 12.7 Å². The third kappa shape index (κ3) is 6.13. The van der Waals surface area contributed by atoms with Gasteiger partial charge in [-0.25, -0.2) is 0 Å². The Hall–Kier alpha value is -2.74. The number of carbonyl (C=O) groups excluding carboxylic acids is 2. The van der Waals surface area contributed by atoms with Crippen LogP contribution in [-0.4, -0.2) is 61.8 Å². The summed E-state index contributed by atoms with van der Waals surface area (Å²) in [5.41, 5.74) is 2.37. The predicted octanol–water partition coefficient (Wildman–Crippen LogP) is 2.43. The number of anilines is 1. The summed E-state index contributed by atoms with van der Waals surface area (Å²) in [6, 6.07) is 17.3. The summed E-state index contributed by atoms with van der Waals surface area (Å²) in [6.45, 7) is 4.24. The number of ether oxygens (including phenoxy) is 2. The third-order valence-electron chi connectivity index (χ3n) is 5.58. The van der Waals surface area contributed by atoms with E-state index in [1.807, 2.05) is 18.2 Å². The number of hydrogen-bond acceptors (Lipinski definition) is 5. The van der Waals surface area contributed by atoms with Crippen molar-refractivity contribution < 1.29 is 19.1 Å². The smallest absolute Gasteiger partial charge is 0.253 e. The minimum Gasteiger partial charge on any atom is -0.374 e. The topological polar surface area (TPSA) is 79.9 Å². The van der Waals surface area contributed by atoms with Gasteiger partial charge in [-0.05, 0) is 36.6 Å². The maximum atomic E-state index is 12.6. The zero-order valence-corrected chi connectivity index (χ0v) is 17.6. The van der Waals surface area contributed by atoms with Crippen LogP contribution >= 0.6 is 0 Å². The molecule has 2 N–H and O–H groups in total. The molecule has 2 aliphatic rings. The Kier molecular flexibility index (Phi) is 7.30. The van der Waals surface area contributed by atoms with E-state index in [1.54, 1.807) is 24.3 Å². The molecule has 0 aromatic heterocycles. The quantitative estimate of drug-likeness (QED) is 0.715. The van der Waals surface area contributed by atoms with E-state index in [2.05, 4.69) is 27.7 Å². The van der Waals surface area contributed by atoms with Crippen LogP contribution in [0.5, 0.6) is 0 Å². The molecule has 0 radical (unpaired) electrons. The van der Waals surface area contributed by atoms with E-state index in [9.17, 15) is 9.59 Å². The summed E-state index contributed by atoms with van der Waals surface area (Å²) in [4.78, 5) is 27.2. The number of amides is 2. The Morgan fingerprint density at radius 2 is 1.90 bits per heavy atom. The van der Waals surface area contributed by atoms with Gasteiger partial charge in [-0.1, -0.05) is 36.4 Å². The molecule has 31 heavy (non-hydrogen) atoms. The fourth-order valence-corrected chi connectivity index (χ4v) is 3.94. The molecule has 2 aromatic carbocycles. The van der Waals surface area contributed by atoms with Gasteiger partial charge in [-0.3, -0.25) is 14.5 Å². The van der Waals surface area contributed by atoms with Crippen LogP contribution in [0.15, 0.2) is 54.6 Å². The molecule has 164 valence electrons. The van der Waals surface area contributed by atoms with Gasteiger partial charge < -0.3 is 20.1 Å². The van der Waals surface area contributed by atoms with Crippen LogP contribution in [0.3, 0.4) is 0 Å². The van der Waals surface area contributed by atoms with Gasteiger partial charge in [-0.2, -0.15) is 0 Å². The minimum atomic E-state index is -0.403. The standard InChI is InChI=1S/C24H29N3O4/c28-23(19-8-4-9-20(14-19)26-24(29)22-10-5-12-31-22)25-15-21-17-27(11-13-30-21)16-18-6-2-1-3-7-18/h1-4,6-9,14,21-22H,5,10-13,15-17H2,(H,25,28)(H,26,29). The van der Waals surface area contributed by atoms with Crippen molar-refractivity contribution in [1.82, 2.24) is 10.2 Å².